The van der Waals surface area contributed by atoms with Crippen LogP contribution < -0.4 is 0 Å². The molecule has 0 unspecified atom stereocenters. The van der Waals surface area contributed by atoms with Crippen LogP contribution in [-0.4, -0.2) is 35.3 Å². The van der Waals surface area contributed by atoms with Crippen molar-refractivity contribution in [1.29, 1.82) is 0 Å². The number of alkyl halides is 2. The van der Waals surface area contributed by atoms with Crippen molar-refractivity contribution in [2.45, 2.75) is 44.1 Å². The molecule has 1 atom stereocenters. The minimum absolute atomic E-state index is 0.0519. The van der Waals surface area contributed by atoms with Crippen LogP contribution in [0.4, 0.5) is 0 Å². The molecular weight excluding hydrogens is 283 g/mol. The Balaban J connectivity index is 4.34. The van der Waals surface area contributed by atoms with Crippen LogP contribution in [0, 0.1) is 0 Å². The van der Waals surface area contributed by atoms with Gasteiger partial charge in [0.05, 0.1) is 13.0 Å². The molecule has 0 aromatic heterocycles. The van der Waals surface area contributed by atoms with Gasteiger partial charge in [-0.2, -0.15) is 0 Å². The van der Waals surface area contributed by atoms with Gasteiger partial charge in [0.15, 0.2) is 0 Å². The van der Waals surface area contributed by atoms with Crippen molar-refractivity contribution in [1.82, 2.24) is 0 Å². The van der Waals surface area contributed by atoms with Crippen molar-refractivity contribution in [3.63, 3.8) is 0 Å². The third kappa shape index (κ3) is 9.24. The summed E-state index contributed by atoms with van der Waals surface area (Å²) < 4.78 is 9.60. The average Bonchev–Trinajstić information content (AvgIpc) is 2.14. The second kappa shape index (κ2) is 9.16. The van der Waals surface area contributed by atoms with Gasteiger partial charge in [0.1, 0.15) is 16.7 Å². The summed E-state index contributed by atoms with van der Waals surface area (Å²) in [6, 6.07) is 0. The fraction of sp³-hybridized carbons (Fsp3) is 0.727. The molecule has 0 aromatic carbocycles. The number of hydrogen-bond acceptors (Lipinski definition) is 5. The van der Waals surface area contributed by atoms with E-state index >= 15 is 0 Å². The maximum absolute atomic E-state index is 11.5. The highest BCUT2D eigenvalue weighted by atomic mass is 35.5. The molecule has 0 amide bonds. The Bertz CT molecular complexity index is 304. The summed E-state index contributed by atoms with van der Waals surface area (Å²) in [5.74, 6) is -1.37. The van der Waals surface area contributed by atoms with E-state index in [4.69, 9.17) is 32.7 Å². The summed E-state index contributed by atoms with van der Waals surface area (Å²) >= 11 is 10.9. The molecule has 0 saturated carbocycles. The van der Waals surface area contributed by atoms with E-state index in [-0.39, 0.29) is 31.7 Å². The van der Waals surface area contributed by atoms with E-state index in [1.165, 1.54) is 6.92 Å². The summed E-state index contributed by atoms with van der Waals surface area (Å²) in [6.07, 6.45) is -1.15. The predicted molar refractivity (Wildman–Crippen MR) is 66.5 cm³/mol. The molecule has 7 heteroatoms. The van der Waals surface area contributed by atoms with E-state index in [2.05, 4.69) is 0 Å². The average molecular weight is 299 g/mol. The minimum Gasteiger partial charge on any atom is -0.466 e. The van der Waals surface area contributed by atoms with Crippen LogP contribution in [0.3, 0.4) is 0 Å². The van der Waals surface area contributed by atoms with Gasteiger partial charge in [0, 0.05) is 19.8 Å². The lowest BCUT2D eigenvalue weighted by atomic mass is 10.1. The molecule has 0 spiro atoms. The third-order valence-electron chi connectivity index (χ3n) is 1.87. The standard InChI is InChI=1S/C11H16Cl2O5/c1-3-17-11(16)6-9(18-7(2)14)4-8(15)5-10(12)13/h9-10H,3-6H2,1-2H3/t9-/m1/s1. The van der Waals surface area contributed by atoms with E-state index in [9.17, 15) is 14.4 Å². The maximum Gasteiger partial charge on any atom is 0.309 e. The number of esters is 2. The van der Waals surface area contributed by atoms with Crippen molar-refractivity contribution in [3.8, 4) is 0 Å². The molecule has 5 nitrogen and oxygen atoms in total. The van der Waals surface area contributed by atoms with Gasteiger partial charge in [-0.15, -0.1) is 23.2 Å². The largest absolute Gasteiger partial charge is 0.466 e. The number of carbonyl (C=O) groups is 3. The Morgan fingerprint density at radius 3 is 2.17 bits per heavy atom. The monoisotopic (exact) mass is 298 g/mol. The van der Waals surface area contributed by atoms with Gasteiger partial charge in [-0.05, 0) is 6.92 Å². The Kier molecular flexibility index (Phi) is 8.75. The first-order chi connectivity index (χ1) is 8.35. The molecule has 0 N–H and O–H groups in total. The second-order valence-electron chi connectivity index (χ2n) is 3.58. The lowest BCUT2D eigenvalue weighted by molar-refractivity contribution is -0.154. The number of ketones is 1. The number of ether oxygens (including phenoxy) is 2. The maximum atomic E-state index is 11.5. The summed E-state index contributed by atoms with van der Waals surface area (Å²) in [4.78, 5) is 32.8. The van der Waals surface area contributed by atoms with Crippen molar-refractivity contribution in [3.05, 3.63) is 0 Å². The molecule has 0 bridgehead atoms. The molecule has 104 valence electrons. The van der Waals surface area contributed by atoms with E-state index in [1.807, 2.05) is 0 Å². The smallest absolute Gasteiger partial charge is 0.309 e. The number of Topliss-reactive ketones (excluding diaryl/α,β-unsaturated/α-hetero) is 1. The number of hydrogen-bond donors (Lipinski definition) is 0. The van der Waals surface area contributed by atoms with Crippen LogP contribution in [0.2, 0.25) is 0 Å². The number of rotatable bonds is 8. The first kappa shape index (κ1) is 17.2. The van der Waals surface area contributed by atoms with E-state index in [0.717, 1.165) is 0 Å². The third-order valence-corrected chi connectivity index (χ3v) is 2.18. The van der Waals surface area contributed by atoms with Gasteiger partial charge in [-0.25, -0.2) is 0 Å². The molecule has 0 fully saturated rings. The van der Waals surface area contributed by atoms with E-state index in [1.54, 1.807) is 6.92 Å². The molecule has 0 aliphatic heterocycles. The second-order valence-corrected chi connectivity index (χ2v) is 4.86. The van der Waals surface area contributed by atoms with E-state index < -0.39 is 22.9 Å². The molecule has 0 aliphatic rings. The topological polar surface area (TPSA) is 69.7 Å². The van der Waals surface area contributed by atoms with Crippen LogP contribution in [0.25, 0.3) is 0 Å². The predicted octanol–water partition coefficient (Wildman–Crippen LogP) is 2.02. The molecule has 0 heterocycles. The van der Waals surface area contributed by atoms with Gasteiger partial charge in [0.25, 0.3) is 0 Å². The SMILES string of the molecule is CCOC(=O)C[C@@H](CC(=O)CC(Cl)Cl)OC(C)=O. The molecule has 0 radical (unpaired) electrons. The lowest BCUT2D eigenvalue weighted by Gasteiger charge is -2.15. The van der Waals surface area contributed by atoms with Crippen LogP contribution in [0.1, 0.15) is 33.1 Å². The van der Waals surface area contributed by atoms with Crippen molar-refractivity contribution in [2.75, 3.05) is 6.61 Å². The Morgan fingerprint density at radius 2 is 1.72 bits per heavy atom. The van der Waals surface area contributed by atoms with Crippen LogP contribution in [-0.2, 0) is 23.9 Å². The highest BCUT2D eigenvalue weighted by Crippen LogP contribution is 2.13. The fourth-order valence-corrected chi connectivity index (χ4v) is 1.65. The van der Waals surface area contributed by atoms with Gasteiger partial charge in [0.2, 0.25) is 0 Å². The zero-order valence-corrected chi connectivity index (χ0v) is 11.8. The molecule has 18 heavy (non-hydrogen) atoms. The molecule has 0 saturated heterocycles. The molecular formula is C11H16Cl2O5. The van der Waals surface area contributed by atoms with Gasteiger partial charge in [-0.3, -0.25) is 14.4 Å². The summed E-state index contributed by atoms with van der Waals surface area (Å²) in [5, 5.41) is 0. The van der Waals surface area contributed by atoms with Crippen molar-refractivity contribution >= 4 is 40.9 Å². The first-order valence-corrected chi connectivity index (χ1v) is 6.35. The normalized spacial score (nSPS) is 12.1. The van der Waals surface area contributed by atoms with Crippen molar-refractivity contribution in [2.24, 2.45) is 0 Å². The summed E-state index contributed by atoms with van der Waals surface area (Å²) in [5.41, 5.74) is 0. The zero-order chi connectivity index (χ0) is 14.1. The molecule has 0 rings (SSSR count). The number of halogens is 2. The van der Waals surface area contributed by atoms with Gasteiger partial charge < -0.3 is 9.47 Å². The first-order valence-electron chi connectivity index (χ1n) is 5.47. The van der Waals surface area contributed by atoms with Crippen LogP contribution in [0.5, 0.6) is 0 Å². The molecule has 0 aromatic rings. The Hall–Kier alpha value is -0.810. The van der Waals surface area contributed by atoms with Crippen molar-refractivity contribution < 1.29 is 23.9 Å². The quantitative estimate of drug-likeness (QED) is 0.506. The summed E-state index contributed by atoms with van der Waals surface area (Å²) in [7, 11) is 0. The van der Waals surface area contributed by atoms with Crippen LogP contribution >= 0.6 is 23.2 Å². The van der Waals surface area contributed by atoms with Gasteiger partial charge >= 0.3 is 11.9 Å². The molecule has 0 aliphatic carbocycles. The summed E-state index contributed by atoms with van der Waals surface area (Å²) in [6.45, 7) is 3.09. The fourth-order valence-electron chi connectivity index (χ4n) is 1.31. The zero-order valence-electron chi connectivity index (χ0n) is 10.3. The Labute approximate surface area is 116 Å². The van der Waals surface area contributed by atoms with Gasteiger partial charge in [-0.1, -0.05) is 0 Å². The lowest BCUT2D eigenvalue weighted by Crippen LogP contribution is -2.25. The van der Waals surface area contributed by atoms with Crippen LogP contribution in [0.15, 0.2) is 0 Å². The number of carbonyl (C=O) groups excluding carboxylic acids is 3. The van der Waals surface area contributed by atoms with E-state index in [0.29, 0.717) is 0 Å². The highest BCUT2D eigenvalue weighted by Gasteiger charge is 2.22. The Morgan fingerprint density at radius 1 is 1.11 bits per heavy atom. The highest BCUT2D eigenvalue weighted by molar-refractivity contribution is 6.45. The minimum atomic E-state index is -0.832.